The van der Waals surface area contributed by atoms with Crippen molar-refractivity contribution in [1.29, 1.82) is 0 Å². The summed E-state index contributed by atoms with van der Waals surface area (Å²) in [5.41, 5.74) is 0.545. The van der Waals surface area contributed by atoms with Crippen LogP contribution in [0.4, 0.5) is 5.69 Å². The molecule has 0 spiro atoms. The van der Waals surface area contributed by atoms with E-state index in [2.05, 4.69) is 17.5 Å². The Balaban J connectivity index is 1.08. The van der Waals surface area contributed by atoms with Gasteiger partial charge in [-0.2, -0.15) is 0 Å². The van der Waals surface area contributed by atoms with Crippen molar-refractivity contribution < 1.29 is 14.4 Å². The Bertz CT molecular complexity index is 910. The quantitative estimate of drug-likeness (QED) is 0.379. The highest BCUT2D eigenvalue weighted by Gasteiger charge is 2.66. The molecule has 6 rings (SSSR count). The SMILES string of the molecule is O=C(CCCCCN1C(=O)[C@@H]2[C@H]3C=C[C@@H]([C@@H]4C[C@@H]34)[C@H]2C1=O)Nc1ccc(Cl)cc1Cl. The number of allylic oxidation sites excluding steroid dienone is 2. The van der Waals surface area contributed by atoms with Gasteiger partial charge in [-0.25, -0.2) is 0 Å². The summed E-state index contributed by atoms with van der Waals surface area (Å²) in [4.78, 5) is 39.5. The van der Waals surface area contributed by atoms with E-state index < -0.39 is 0 Å². The number of hydrogen-bond donors (Lipinski definition) is 1. The fraction of sp³-hybridized carbons (Fsp3) is 0.522. The lowest BCUT2D eigenvalue weighted by atomic mass is 9.63. The first kappa shape index (κ1) is 20.1. The summed E-state index contributed by atoms with van der Waals surface area (Å²) in [5.74, 6) is 1.52. The average molecular weight is 447 g/mol. The summed E-state index contributed by atoms with van der Waals surface area (Å²) >= 11 is 11.9. The molecule has 5 aliphatic rings. The molecule has 1 saturated heterocycles. The Hall–Kier alpha value is -1.85. The van der Waals surface area contributed by atoms with E-state index in [4.69, 9.17) is 23.2 Å². The van der Waals surface area contributed by atoms with Crippen LogP contribution in [0.1, 0.15) is 32.1 Å². The van der Waals surface area contributed by atoms with Crippen molar-refractivity contribution >= 4 is 46.6 Å². The maximum Gasteiger partial charge on any atom is 0.233 e. The van der Waals surface area contributed by atoms with Gasteiger partial charge in [-0.1, -0.05) is 41.8 Å². The molecule has 0 radical (unpaired) electrons. The van der Waals surface area contributed by atoms with Gasteiger partial charge in [-0.05, 0) is 61.1 Å². The average Bonchev–Trinajstić information content (AvgIpc) is 3.50. The first-order valence-corrected chi connectivity index (χ1v) is 11.5. The molecule has 7 heteroatoms. The number of benzene rings is 1. The van der Waals surface area contributed by atoms with Crippen molar-refractivity contribution in [1.82, 2.24) is 4.90 Å². The summed E-state index contributed by atoms with van der Waals surface area (Å²) < 4.78 is 0. The molecule has 3 fully saturated rings. The summed E-state index contributed by atoms with van der Waals surface area (Å²) in [5, 5.41) is 3.71. The maximum atomic E-state index is 12.9. The van der Waals surface area contributed by atoms with Gasteiger partial charge in [0, 0.05) is 18.0 Å². The number of halogens is 2. The Morgan fingerprint density at radius 3 is 2.30 bits per heavy atom. The van der Waals surface area contributed by atoms with Crippen LogP contribution < -0.4 is 5.32 Å². The minimum absolute atomic E-state index is 0.0322. The van der Waals surface area contributed by atoms with Crippen molar-refractivity contribution in [2.45, 2.75) is 32.1 Å². The Morgan fingerprint density at radius 1 is 1.00 bits per heavy atom. The van der Waals surface area contributed by atoms with Crippen LogP contribution >= 0.6 is 23.2 Å². The van der Waals surface area contributed by atoms with E-state index in [1.165, 1.54) is 11.3 Å². The minimum atomic E-state index is -0.119. The topological polar surface area (TPSA) is 66.5 Å². The van der Waals surface area contributed by atoms with E-state index in [0.29, 0.717) is 47.0 Å². The van der Waals surface area contributed by atoms with Gasteiger partial charge in [0.05, 0.1) is 22.5 Å². The smallest absolute Gasteiger partial charge is 0.233 e. The zero-order valence-electron chi connectivity index (χ0n) is 16.5. The summed E-state index contributed by atoms with van der Waals surface area (Å²) in [6.45, 7) is 0.462. The lowest BCUT2D eigenvalue weighted by Gasteiger charge is -2.37. The molecule has 2 bridgehead atoms. The molecule has 1 heterocycles. The van der Waals surface area contributed by atoms with E-state index >= 15 is 0 Å². The van der Waals surface area contributed by atoms with Gasteiger partial charge in [0.15, 0.2) is 0 Å². The van der Waals surface area contributed by atoms with Crippen molar-refractivity contribution in [2.24, 2.45) is 35.5 Å². The third kappa shape index (κ3) is 3.36. The zero-order valence-corrected chi connectivity index (χ0v) is 18.0. The van der Waals surface area contributed by atoms with Crippen LogP contribution in [0.2, 0.25) is 10.0 Å². The molecule has 1 aliphatic heterocycles. The number of carbonyl (C=O) groups excluding carboxylic acids is 3. The molecule has 4 aliphatic carbocycles. The number of anilines is 1. The number of unbranched alkanes of at least 4 members (excludes halogenated alkanes) is 2. The standard InChI is InChI=1S/C23H24Cl2N2O3/c24-12-5-8-18(17(25)10-12)26-19(28)4-2-1-3-9-27-22(29)20-13-6-7-14(16-11-15(13)16)21(20)23(27)30/h5-8,10,13-16,20-21H,1-4,9,11H2,(H,26,28)/t13-,14-,15-,16-,20+,21+/m0/s1. The van der Waals surface area contributed by atoms with Crippen LogP contribution in [0.15, 0.2) is 30.4 Å². The third-order valence-corrected chi connectivity index (χ3v) is 7.79. The van der Waals surface area contributed by atoms with Crippen LogP contribution in [0.25, 0.3) is 0 Å². The molecule has 3 amide bonds. The van der Waals surface area contributed by atoms with Gasteiger partial charge >= 0.3 is 0 Å². The molecule has 1 aromatic carbocycles. The lowest BCUT2D eigenvalue weighted by molar-refractivity contribution is -0.140. The molecular weight excluding hydrogens is 423 g/mol. The zero-order chi connectivity index (χ0) is 21.0. The van der Waals surface area contributed by atoms with Crippen LogP contribution in [-0.4, -0.2) is 29.2 Å². The fourth-order valence-corrected chi connectivity index (χ4v) is 6.23. The van der Waals surface area contributed by atoms with Crippen LogP contribution in [0, 0.1) is 35.5 Å². The van der Waals surface area contributed by atoms with Crippen molar-refractivity contribution in [3.8, 4) is 0 Å². The fourth-order valence-electron chi connectivity index (χ4n) is 5.77. The number of hydrogen-bond acceptors (Lipinski definition) is 3. The van der Waals surface area contributed by atoms with Gasteiger partial charge in [-0.3, -0.25) is 19.3 Å². The number of amides is 3. The van der Waals surface area contributed by atoms with Gasteiger partial charge in [0.25, 0.3) is 0 Å². The second kappa shape index (κ2) is 7.69. The number of carbonyl (C=O) groups is 3. The molecule has 1 N–H and O–H groups in total. The van der Waals surface area contributed by atoms with Gasteiger partial charge in [-0.15, -0.1) is 0 Å². The first-order chi connectivity index (χ1) is 14.5. The van der Waals surface area contributed by atoms with Gasteiger partial charge in [0.1, 0.15) is 0 Å². The highest BCUT2D eigenvalue weighted by molar-refractivity contribution is 6.36. The maximum absolute atomic E-state index is 12.9. The number of nitrogens with one attached hydrogen (secondary N) is 1. The number of rotatable bonds is 7. The Morgan fingerprint density at radius 2 is 1.67 bits per heavy atom. The van der Waals surface area contributed by atoms with E-state index in [9.17, 15) is 14.4 Å². The molecule has 2 saturated carbocycles. The van der Waals surface area contributed by atoms with E-state index in [0.717, 1.165) is 12.8 Å². The first-order valence-electron chi connectivity index (χ1n) is 10.7. The summed E-state index contributed by atoms with van der Waals surface area (Å²) in [7, 11) is 0. The van der Waals surface area contributed by atoms with Crippen LogP contribution in [0.3, 0.4) is 0 Å². The number of imide groups is 1. The second-order valence-corrected chi connectivity index (χ2v) is 9.81. The predicted molar refractivity (Wildman–Crippen MR) is 115 cm³/mol. The van der Waals surface area contributed by atoms with E-state index in [1.807, 2.05) is 0 Å². The Labute approximate surface area is 185 Å². The van der Waals surface area contributed by atoms with E-state index in [-0.39, 0.29) is 41.4 Å². The number of likely N-dealkylation sites (tertiary alicyclic amines) is 1. The van der Waals surface area contributed by atoms with Crippen LogP contribution in [0.5, 0.6) is 0 Å². The largest absolute Gasteiger partial charge is 0.325 e. The van der Waals surface area contributed by atoms with Crippen molar-refractivity contribution in [3.05, 3.63) is 40.4 Å². The summed E-state index contributed by atoms with van der Waals surface area (Å²) in [6.07, 6.45) is 8.13. The highest BCUT2D eigenvalue weighted by atomic mass is 35.5. The summed E-state index contributed by atoms with van der Waals surface area (Å²) in [6, 6.07) is 4.94. The molecular formula is C23H24Cl2N2O3. The third-order valence-electron chi connectivity index (χ3n) is 7.24. The molecule has 1 aromatic rings. The Kier molecular flexibility index (Phi) is 5.14. The number of nitrogens with zero attached hydrogens (tertiary/aromatic N) is 1. The monoisotopic (exact) mass is 446 g/mol. The minimum Gasteiger partial charge on any atom is -0.325 e. The molecule has 0 aromatic heterocycles. The van der Waals surface area contributed by atoms with Crippen molar-refractivity contribution in [3.63, 3.8) is 0 Å². The predicted octanol–water partition coefficient (Wildman–Crippen LogP) is 4.55. The van der Waals surface area contributed by atoms with Crippen LogP contribution in [-0.2, 0) is 14.4 Å². The van der Waals surface area contributed by atoms with Gasteiger partial charge in [0.2, 0.25) is 17.7 Å². The molecule has 6 atom stereocenters. The normalized spacial score (nSPS) is 32.9. The van der Waals surface area contributed by atoms with E-state index in [1.54, 1.807) is 18.2 Å². The molecule has 5 nitrogen and oxygen atoms in total. The molecule has 30 heavy (non-hydrogen) atoms. The second-order valence-electron chi connectivity index (χ2n) is 8.97. The highest BCUT2D eigenvalue weighted by Crippen LogP contribution is 2.65. The van der Waals surface area contributed by atoms with Gasteiger partial charge < -0.3 is 5.32 Å². The lowest BCUT2D eigenvalue weighted by Crippen LogP contribution is -2.40. The molecule has 158 valence electrons. The van der Waals surface area contributed by atoms with Crippen molar-refractivity contribution in [2.75, 3.05) is 11.9 Å². The molecule has 0 unspecified atom stereocenters.